The Hall–Kier alpha value is -0.380. The number of rotatable bonds is 3. The van der Waals surface area contributed by atoms with Crippen LogP contribution in [0, 0.1) is 5.92 Å². The third kappa shape index (κ3) is 2.24. The van der Waals surface area contributed by atoms with E-state index in [1.165, 1.54) is 35.4 Å². The van der Waals surface area contributed by atoms with Crippen molar-refractivity contribution < 1.29 is 4.74 Å². The Bertz CT molecular complexity index is 410. The fourth-order valence-electron chi connectivity index (χ4n) is 3.29. The Kier molecular flexibility index (Phi) is 3.48. The Labute approximate surface area is 114 Å². The van der Waals surface area contributed by atoms with Gasteiger partial charge < -0.3 is 10.5 Å². The summed E-state index contributed by atoms with van der Waals surface area (Å²) in [6, 6.07) is 4.69. The average Bonchev–Trinajstić information content (AvgIpc) is 2.85. The molecule has 3 heteroatoms. The highest BCUT2D eigenvalue weighted by Gasteiger charge is 2.44. The van der Waals surface area contributed by atoms with Gasteiger partial charge in [0, 0.05) is 22.4 Å². The van der Waals surface area contributed by atoms with Gasteiger partial charge in [0.25, 0.3) is 0 Å². The predicted molar refractivity (Wildman–Crippen MR) is 75.9 cm³/mol. The molecule has 100 valence electrons. The first-order valence-corrected chi connectivity index (χ1v) is 8.02. The molecule has 2 N–H and O–H groups in total. The van der Waals surface area contributed by atoms with Crippen LogP contribution in [0.2, 0.25) is 0 Å². The minimum atomic E-state index is 0.214. The summed E-state index contributed by atoms with van der Waals surface area (Å²) in [6.07, 6.45) is 7.26. The van der Waals surface area contributed by atoms with Crippen LogP contribution in [0.15, 0.2) is 12.1 Å². The van der Waals surface area contributed by atoms with Crippen molar-refractivity contribution in [3.63, 3.8) is 0 Å². The molecule has 1 aliphatic heterocycles. The molecule has 2 nitrogen and oxygen atoms in total. The molecule has 0 bridgehead atoms. The molecule has 1 aromatic rings. The van der Waals surface area contributed by atoms with Gasteiger partial charge in [-0.1, -0.05) is 6.92 Å². The maximum atomic E-state index is 6.49. The van der Waals surface area contributed by atoms with Gasteiger partial charge >= 0.3 is 0 Å². The lowest BCUT2D eigenvalue weighted by atomic mass is 9.70. The number of ether oxygens (including phenoxy) is 1. The van der Waals surface area contributed by atoms with Crippen LogP contribution in [-0.4, -0.2) is 12.2 Å². The van der Waals surface area contributed by atoms with Crippen molar-refractivity contribution in [1.82, 2.24) is 0 Å². The zero-order valence-electron chi connectivity index (χ0n) is 11.2. The second-order valence-electron chi connectivity index (χ2n) is 5.82. The van der Waals surface area contributed by atoms with Gasteiger partial charge in [-0.3, -0.25) is 0 Å². The third-order valence-electron chi connectivity index (χ3n) is 4.66. The molecule has 18 heavy (non-hydrogen) atoms. The monoisotopic (exact) mass is 265 g/mol. The van der Waals surface area contributed by atoms with E-state index in [4.69, 9.17) is 10.5 Å². The molecule has 2 heterocycles. The summed E-state index contributed by atoms with van der Waals surface area (Å²) in [6.45, 7) is 3.11. The van der Waals surface area contributed by atoms with E-state index in [1.807, 2.05) is 11.3 Å². The first kappa shape index (κ1) is 12.6. The van der Waals surface area contributed by atoms with E-state index >= 15 is 0 Å². The van der Waals surface area contributed by atoms with Crippen LogP contribution in [0.4, 0.5) is 0 Å². The van der Waals surface area contributed by atoms with Gasteiger partial charge in [0.1, 0.15) is 0 Å². The maximum absolute atomic E-state index is 6.49. The number of hydrogen-bond donors (Lipinski definition) is 1. The molecule has 0 radical (unpaired) electrons. The van der Waals surface area contributed by atoms with E-state index in [0.717, 1.165) is 19.4 Å². The first-order chi connectivity index (χ1) is 8.72. The molecule has 0 aromatic carbocycles. The topological polar surface area (TPSA) is 35.2 Å². The van der Waals surface area contributed by atoms with E-state index in [9.17, 15) is 0 Å². The first-order valence-electron chi connectivity index (χ1n) is 7.20. The van der Waals surface area contributed by atoms with Crippen molar-refractivity contribution in [2.24, 2.45) is 11.7 Å². The lowest BCUT2D eigenvalue weighted by Crippen LogP contribution is -2.47. The van der Waals surface area contributed by atoms with Crippen LogP contribution < -0.4 is 5.73 Å². The summed E-state index contributed by atoms with van der Waals surface area (Å²) < 4.78 is 5.99. The maximum Gasteiger partial charge on any atom is 0.0686 e. The molecule has 1 spiro atoms. The van der Waals surface area contributed by atoms with Crippen molar-refractivity contribution in [3.05, 3.63) is 21.9 Å². The molecule has 1 aromatic heterocycles. The number of thiophene rings is 1. The van der Waals surface area contributed by atoms with Crippen molar-refractivity contribution >= 4 is 11.3 Å². The molecule has 3 rings (SSSR count). The van der Waals surface area contributed by atoms with Crippen LogP contribution in [0.5, 0.6) is 0 Å². The van der Waals surface area contributed by atoms with E-state index < -0.39 is 0 Å². The van der Waals surface area contributed by atoms with Crippen molar-refractivity contribution in [3.8, 4) is 0 Å². The summed E-state index contributed by atoms with van der Waals surface area (Å²) in [7, 11) is 0. The summed E-state index contributed by atoms with van der Waals surface area (Å²) in [5.74, 6) is 0.613. The smallest absolute Gasteiger partial charge is 0.0686 e. The lowest BCUT2D eigenvalue weighted by molar-refractivity contribution is -0.146. The van der Waals surface area contributed by atoms with Gasteiger partial charge in [0.05, 0.1) is 5.60 Å². The van der Waals surface area contributed by atoms with Crippen LogP contribution in [0.25, 0.3) is 0 Å². The molecule has 2 unspecified atom stereocenters. The molecule has 0 amide bonds. The van der Waals surface area contributed by atoms with Gasteiger partial charge in [0.2, 0.25) is 0 Å². The summed E-state index contributed by atoms with van der Waals surface area (Å²) in [4.78, 5) is 2.82. The largest absolute Gasteiger partial charge is 0.375 e. The highest BCUT2D eigenvalue weighted by molar-refractivity contribution is 7.12. The third-order valence-corrected chi connectivity index (χ3v) is 5.99. The standard InChI is InChI=1S/C15H23NOS/c1-2-12-4-5-13(18-12)14(16)11-6-9-17-15(10-11)7-3-8-15/h4-5,11,14H,2-3,6-10,16H2,1H3. The molecule has 2 atom stereocenters. The van der Waals surface area contributed by atoms with E-state index in [1.54, 1.807) is 0 Å². The summed E-state index contributed by atoms with van der Waals surface area (Å²) in [5.41, 5.74) is 6.71. The Balaban J connectivity index is 1.69. The van der Waals surface area contributed by atoms with E-state index in [0.29, 0.717) is 5.92 Å². The average molecular weight is 265 g/mol. The second kappa shape index (κ2) is 4.95. The second-order valence-corrected chi connectivity index (χ2v) is 7.02. The van der Waals surface area contributed by atoms with Crippen molar-refractivity contribution in [1.29, 1.82) is 0 Å². The summed E-state index contributed by atoms with van der Waals surface area (Å²) >= 11 is 1.89. The fourth-order valence-corrected chi connectivity index (χ4v) is 4.34. The van der Waals surface area contributed by atoms with Crippen LogP contribution >= 0.6 is 11.3 Å². The number of nitrogens with two attached hydrogens (primary N) is 1. The zero-order chi connectivity index (χ0) is 12.6. The zero-order valence-corrected chi connectivity index (χ0v) is 12.0. The Morgan fingerprint density at radius 2 is 2.33 bits per heavy atom. The molecule has 1 aliphatic carbocycles. The van der Waals surface area contributed by atoms with Gasteiger partial charge in [-0.05, 0) is 56.6 Å². The van der Waals surface area contributed by atoms with Crippen molar-refractivity contribution in [2.45, 2.75) is 57.1 Å². The normalized spacial score (nSPS) is 28.0. The fraction of sp³-hybridized carbons (Fsp3) is 0.733. The molecule has 1 saturated carbocycles. The highest BCUT2D eigenvalue weighted by atomic mass is 32.1. The van der Waals surface area contributed by atoms with Crippen molar-refractivity contribution in [2.75, 3.05) is 6.61 Å². The summed E-state index contributed by atoms with van der Waals surface area (Å²) in [5, 5.41) is 0. The molecule has 1 saturated heterocycles. The van der Waals surface area contributed by atoms with E-state index in [2.05, 4.69) is 19.1 Å². The minimum absolute atomic E-state index is 0.214. The Morgan fingerprint density at radius 3 is 2.94 bits per heavy atom. The number of aryl methyl sites for hydroxylation is 1. The number of hydrogen-bond acceptors (Lipinski definition) is 3. The molecule has 2 fully saturated rings. The predicted octanol–water partition coefficient (Wildman–Crippen LogP) is 3.66. The van der Waals surface area contributed by atoms with E-state index in [-0.39, 0.29) is 11.6 Å². The minimum Gasteiger partial charge on any atom is -0.375 e. The quantitative estimate of drug-likeness (QED) is 0.905. The Morgan fingerprint density at radius 1 is 1.50 bits per heavy atom. The van der Waals surface area contributed by atoms with Gasteiger partial charge in [-0.25, -0.2) is 0 Å². The van der Waals surface area contributed by atoms with Gasteiger partial charge in [-0.15, -0.1) is 11.3 Å². The van der Waals surface area contributed by atoms with Gasteiger partial charge in [0.15, 0.2) is 0 Å². The van der Waals surface area contributed by atoms with Gasteiger partial charge in [-0.2, -0.15) is 0 Å². The van der Waals surface area contributed by atoms with Crippen LogP contribution in [0.3, 0.4) is 0 Å². The lowest BCUT2D eigenvalue weighted by Gasteiger charge is -2.48. The SMILES string of the molecule is CCc1ccc(C(N)C2CCOC3(CCC3)C2)s1. The highest BCUT2D eigenvalue weighted by Crippen LogP contribution is 2.47. The molecular weight excluding hydrogens is 242 g/mol. The van der Waals surface area contributed by atoms with Crippen LogP contribution in [0.1, 0.15) is 54.8 Å². The molecule has 2 aliphatic rings. The van der Waals surface area contributed by atoms with Crippen LogP contribution in [-0.2, 0) is 11.2 Å². The molecular formula is C15H23NOS.